The molecule has 3 atom stereocenters. The topological polar surface area (TPSA) is 33.7 Å². The summed E-state index contributed by atoms with van der Waals surface area (Å²) >= 11 is 0. The first-order valence-corrected chi connectivity index (χ1v) is 6.99. The molecule has 1 saturated heterocycles. The minimum Gasteiger partial charge on any atom is -0.377 e. The van der Waals surface area contributed by atoms with Gasteiger partial charge >= 0.3 is 0 Å². The summed E-state index contributed by atoms with van der Waals surface area (Å²) in [6.45, 7) is 1.99. The Morgan fingerprint density at radius 1 is 1.24 bits per heavy atom. The van der Waals surface area contributed by atoms with Crippen LogP contribution in [-0.4, -0.2) is 58.0 Å². The molecule has 1 fully saturated rings. The van der Waals surface area contributed by atoms with Crippen molar-refractivity contribution < 1.29 is 18.3 Å². The Kier molecular flexibility index (Phi) is 5.64. The zero-order valence-electron chi connectivity index (χ0n) is 12.6. The van der Waals surface area contributed by atoms with Gasteiger partial charge in [-0.15, -0.1) is 0 Å². The van der Waals surface area contributed by atoms with Crippen molar-refractivity contribution in [3.8, 4) is 0 Å². The van der Waals surface area contributed by atoms with Gasteiger partial charge < -0.3 is 14.8 Å². The fourth-order valence-electron chi connectivity index (χ4n) is 2.81. The normalized spacial score (nSPS) is 24.4. The van der Waals surface area contributed by atoms with Crippen molar-refractivity contribution in [3.05, 3.63) is 35.4 Å². The van der Waals surface area contributed by atoms with Gasteiger partial charge in [0.2, 0.25) is 0 Å². The van der Waals surface area contributed by atoms with E-state index in [0.717, 1.165) is 6.07 Å². The van der Waals surface area contributed by atoms with E-state index in [9.17, 15) is 8.78 Å². The molecule has 1 N–H and O–H groups in total. The Bertz CT molecular complexity index is 461. The number of hydrogen-bond acceptors (Lipinski definition) is 4. The molecule has 1 aromatic carbocycles. The molecule has 0 saturated carbocycles. The van der Waals surface area contributed by atoms with Crippen LogP contribution < -0.4 is 5.32 Å². The first kappa shape index (κ1) is 16.3. The van der Waals surface area contributed by atoms with Crippen LogP contribution in [0.1, 0.15) is 11.6 Å². The molecule has 0 aromatic heterocycles. The van der Waals surface area contributed by atoms with E-state index in [2.05, 4.69) is 10.2 Å². The van der Waals surface area contributed by atoms with Gasteiger partial charge in [-0.05, 0) is 13.1 Å². The lowest BCUT2D eigenvalue weighted by Gasteiger charge is -2.24. The molecule has 21 heavy (non-hydrogen) atoms. The largest absolute Gasteiger partial charge is 0.377 e. The lowest BCUT2D eigenvalue weighted by Crippen LogP contribution is -2.34. The average Bonchev–Trinajstić information content (AvgIpc) is 2.90. The van der Waals surface area contributed by atoms with Crippen LogP contribution in [0.15, 0.2) is 18.2 Å². The Balaban J connectivity index is 2.08. The molecule has 3 unspecified atom stereocenters. The minimum atomic E-state index is -0.821. The summed E-state index contributed by atoms with van der Waals surface area (Å²) in [7, 11) is 5.05. The first-order valence-electron chi connectivity index (χ1n) is 6.99. The molecule has 6 heteroatoms. The van der Waals surface area contributed by atoms with Crippen LogP contribution in [0.5, 0.6) is 0 Å². The van der Waals surface area contributed by atoms with Crippen LogP contribution in [0, 0.1) is 11.6 Å². The van der Waals surface area contributed by atoms with Crippen LogP contribution in [0.2, 0.25) is 0 Å². The first-order chi connectivity index (χ1) is 10.1. The van der Waals surface area contributed by atoms with Crippen molar-refractivity contribution in [2.24, 2.45) is 0 Å². The summed E-state index contributed by atoms with van der Waals surface area (Å²) < 4.78 is 38.1. The van der Waals surface area contributed by atoms with E-state index in [1.165, 1.54) is 6.07 Å². The lowest BCUT2D eigenvalue weighted by atomic mass is 10.1. The van der Waals surface area contributed by atoms with Crippen LogP contribution >= 0.6 is 0 Å². The highest BCUT2D eigenvalue weighted by Crippen LogP contribution is 2.23. The maximum atomic E-state index is 13.9. The van der Waals surface area contributed by atoms with Crippen molar-refractivity contribution >= 4 is 0 Å². The highest BCUT2D eigenvalue weighted by atomic mass is 19.2. The summed E-state index contributed by atoms with van der Waals surface area (Å²) in [5, 5.41) is 3.05. The molecule has 1 aliphatic rings. The fourth-order valence-corrected chi connectivity index (χ4v) is 2.81. The van der Waals surface area contributed by atoms with Gasteiger partial charge in [-0.2, -0.15) is 0 Å². The lowest BCUT2D eigenvalue weighted by molar-refractivity contribution is -0.00461. The smallest absolute Gasteiger partial charge is 0.163 e. The maximum Gasteiger partial charge on any atom is 0.163 e. The van der Waals surface area contributed by atoms with Gasteiger partial charge in [-0.25, -0.2) is 8.78 Å². The summed E-state index contributed by atoms with van der Waals surface area (Å²) in [5.41, 5.74) is 0.340. The van der Waals surface area contributed by atoms with Crippen molar-refractivity contribution in [1.29, 1.82) is 0 Å². The Hall–Kier alpha value is -1.08. The quantitative estimate of drug-likeness (QED) is 0.865. The summed E-state index contributed by atoms with van der Waals surface area (Å²) in [5.74, 6) is -1.61. The number of benzene rings is 1. The number of halogens is 2. The van der Waals surface area contributed by atoms with Crippen LogP contribution in [0.25, 0.3) is 0 Å². The SMILES string of the molecule is CNC(CN1CC(OC)C(OC)C1)c1cccc(F)c1F. The fraction of sp³-hybridized carbons (Fsp3) is 0.600. The van der Waals surface area contributed by atoms with E-state index in [0.29, 0.717) is 25.2 Å². The third-order valence-electron chi connectivity index (χ3n) is 4.04. The summed E-state index contributed by atoms with van der Waals surface area (Å²) in [4.78, 5) is 2.13. The van der Waals surface area contributed by atoms with E-state index >= 15 is 0 Å². The highest BCUT2D eigenvalue weighted by molar-refractivity contribution is 5.23. The maximum absolute atomic E-state index is 13.9. The summed E-state index contributed by atoms with van der Waals surface area (Å²) in [6.07, 6.45) is 0.00900. The van der Waals surface area contributed by atoms with Crippen molar-refractivity contribution in [3.63, 3.8) is 0 Å². The number of hydrogen-bond donors (Lipinski definition) is 1. The number of nitrogens with zero attached hydrogens (tertiary/aromatic N) is 1. The van der Waals surface area contributed by atoms with Crippen molar-refractivity contribution in [2.75, 3.05) is 40.9 Å². The van der Waals surface area contributed by atoms with Crippen molar-refractivity contribution in [2.45, 2.75) is 18.2 Å². The second-order valence-electron chi connectivity index (χ2n) is 5.25. The second kappa shape index (κ2) is 7.26. The molecule has 0 amide bonds. The van der Waals surface area contributed by atoms with Crippen LogP contribution in [-0.2, 0) is 9.47 Å². The molecule has 1 heterocycles. The van der Waals surface area contributed by atoms with Gasteiger partial charge in [0.05, 0.1) is 12.2 Å². The molecule has 0 spiro atoms. The van der Waals surface area contributed by atoms with Crippen molar-refractivity contribution in [1.82, 2.24) is 10.2 Å². The van der Waals surface area contributed by atoms with E-state index < -0.39 is 11.6 Å². The molecule has 0 aliphatic carbocycles. The average molecular weight is 300 g/mol. The van der Waals surface area contributed by atoms with Gasteiger partial charge in [-0.3, -0.25) is 4.90 Å². The van der Waals surface area contributed by atoms with Gasteiger partial charge in [-0.1, -0.05) is 12.1 Å². The molecule has 2 rings (SSSR count). The molecular weight excluding hydrogens is 278 g/mol. The summed E-state index contributed by atoms with van der Waals surface area (Å²) in [6, 6.07) is 3.98. The predicted octanol–water partition coefficient (Wildman–Crippen LogP) is 1.57. The second-order valence-corrected chi connectivity index (χ2v) is 5.25. The van der Waals surface area contributed by atoms with E-state index in [4.69, 9.17) is 9.47 Å². The Morgan fingerprint density at radius 3 is 2.38 bits per heavy atom. The zero-order chi connectivity index (χ0) is 15.4. The molecule has 1 aromatic rings. The molecule has 0 radical (unpaired) electrons. The van der Waals surface area contributed by atoms with E-state index in [-0.39, 0.29) is 18.2 Å². The standard InChI is InChI=1S/C15H22F2N2O2/c1-18-12(10-5-4-6-11(16)15(10)17)7-19-8-13(20-2)14(9-19)21-3/h4-6,12-14,18H,7-9H2,1-3H3. The molecule has 118 valence electrons. The zero-order valence-corrected chi connectivity index (χ0v) is 12.6. The van der Waals surface area contributed by atoms with E-state index in [1.54, 1.807) is 27.3 Å². The van der Waals surface area contributed by atoms with Crippen LogP contribution in [0.3, 0.4) is 0 Å². The highest BCUT2D eigenvalue weighted by Gasteiger charge is 2.34. The molecular formula is C15H22F2N2O2. The van der Waals surface area contributed by atoms with Gasteiger partial charge in [0.25, 0.3) is 0 Å². The number of methoxy groups -OCH3 is 2. The molecule has 0 bridgehead atoms. The number of ether oxygens (including phenoxy) is 2. The molecule has 4 nitrogen and oxygen atoms in total. The van der Waals surface area contributed by atoms with Gasteiger partial charge in [0, 0.05) is 45.5 Å². The third-order valence-corrected chi connectivity index (χ3v) is 4.04. The third kappa shape index (κ3) is 3.58. The number of nitrogens with one attached hydrogen (secondary N) is 1. The Morgan fingerprint density at radius 2 is 1.86 bits per heavy atom. The van der Waals surface area contributed by atoms with Crippen LogP contribution in [0.4, 0.5) is 8.78 Å². The number of rotatable bonds is 6. The molecule has 1 aliphatic heterocycles. The predicted molar refractivity (Wildman–Crippen MR) is 76.2 cm³/mol. The minimum absolute atomic E-state index is 0.00450. The van der Waals surface area contributed by atoms with Gasteiger partial charge in [0.1, 0.15) is 0 Å². The van der Waals surface area contributed by atoms with E-state index in [1.807, 2.05) is 0 Å². The Labute approximate surface area is 124 Å². The monoisotopic (exact) mass is 300 g/mol. The van der Waals surface area contributed by atoms with Gasteiger partial charge in [0.15, 0.2) is 11.6 Å². The number of likely N-dealkylation sites (N-methyl/N-ethyl adjacent to an activating group) is 1. The number of likely N-dealkylation sites (tertiary alicyclic amines) is 1.